The Bertz CT molecular complexity index is 1010. The number of nitrogens with one attached hydrogen (secondary N) is 3. The number of carboxylic acids is 1. The Kier molecular flexibility index (Phi) is 6.39. The van der Waals surface area contributed by atoms with Crippen molar-refractivity contribution in [1.29, 1.82) is 0 Å². The average Bonchev–Trinajstić information content (AvgIpc) is 3.10. The molecule has 0 unspecified atom stereocenters. The van der Waals surface area contributed by atoms with Crippen LogP contribution in [0.3, 0.4) is 0 Å². The molecule has 2 amide bonds. The Hall–Kier alpha value is -3.48. The highest BCUT2D eigenvalue weighted by Crippen LogP contribution is 2.20. The molecule has 0 aliphatic rings. The number of rotatable bonds is 8. The first-order valence-electron chi connectivity index (χ1n) is 9.46. The van der Waals surface area contributed by atoms with Crippen molar-refractivity contribution < 1.29 is 19.4 Å². The second-order valence-electron chi connectivity index (χ2n) is 6.97. The summed E-state index contributed by atoms with van der Waals surface area (Å²) >= 11 is 0. The highest BCUT2D eigenvalue weighted by molar-refractivity contribution is 5.86. The van der Waals surface area contributed by atoms with E-state index in [9.17, 15) is 14.7 Å². The van der Waals surface area contributed by atoms with Crippen LogP contribution in [0, 0.1) is 13.8 Å². The molecule has 1 aromatic heterocycles. The van der Waals surface area contributed by atoms with Crippen molar-refractivity contribution in [3.63, 3.8) is 0 Å². The summed E-state index contributed by atoms with van der Waals surface area (Å²) in [5.41, 5.74) is 3.88. The molecule has 7 heteroatoms. The van der Waals surface area contributed by atoms with Gasteiger partial charge in [0.25, 0.3) is 0 Å². The van der Waals surface area contributed by atoms with Crippen LogP contribution >= 0.6 is 0 Å². The van der Waals surface area contributed by atoms with Crippen molar-refractivity contribution >= 4 is 22.9 Å². The summed E-state index contributed by atoms with van der Waals surface area (Å²) in [6.07, 6.45) is 1.96. The normalized spacial score (nSPS) is 11.8. The molecule has 2 aromatic carbocycles. The topological polar surface area (TPSA) is 103 Å². The maximum atomic E-state index is 12.1. The van der Waals surface area contributed by atoms with Gasteiger partial charge in [0, 0.05) is 23.5 Å². The van der Waals surface area contributed by atoms with E-state index < -0.39 is 18.0 Å². The average molecular weight is 395 g/mol. The van der Waals surface area contributed by atoms with E-state index in [4.69, 9.17) is 4.74 Å². The van der Waals surface area contributed by atoms with Crippen LogP contribution in [0.15, 0.2) is 48.7 Å². The maximum Gasteiger partial charge on any atom is 0.326 e. The number of benzene rings is 2. The zero-order chi connectivity index (χ0) is 20.8. The van der Waals surface area contributed by atoms with Gasteiger partial charge in [-0.25, -0.2) is 9.59 Å². The maximum absolute atomic E-state index is 12.1. The first-order valence-corrected chi connectivity index (χ1v) is 9.46. The van der Waals surface area contributed by atoms with E-state index in [1.807, 2.05) is 56.3 Å². The van der Waals surface area contributed by atoms with Gasteiger partial charge in [0.15, 0.2) is 0 Å². The Balaban J connectivity index is 1.51. The van der Waals surface area contributed by atoms with Crippen LogP contribution in [0.5, 0.6) is 5.75 Å². The summed E-state index contributed by atoms with van der Waals surface area (Å²) in [5.74, 6) is -0.313. The van der Waals surface area contributed by atoms with Crippen molar-refractivity contribution in [2.24, 2.45) is 0 Å². The molecule has 4 N–H and O–H groups in total. The number of aromatic amines is 1. The van der Waals surface area contributed by atoms with Gasteiger partial charge in [0.2, 0.25) is 0 Å². The lowest BCUT2D eigenvalue weighted by Gasteiger charge is -2.15. The highest BCUT2D eigenvalue weighted by atomic mass is 16.5. The standard InChI is InChI=1S/C22H25N3O4/c1-14-7-8-15(2)20(11-14)29-10-9-23-22(28)25-19(21(26)27)12-16-13-24-18-6-4-3-5-17(16)18/h3-8,11,13,19,24H,9-10,12H2,1-2H3,(H,26,27)(H2,23,25,28)/t19-/m0/s1. The lowest BCUT2D eigenvalue weighted by Crippen LogP contribution is -2.47. The SMILES string of the molecule is Cc1ccc(C)c(OCCNC(=O)N[C@@H](Cc2c[nH]c3ccccc23)C(=O)O)c1. The number of hydrogen-bond donors (Lipinski definition) is 4. The molecule has 0 radical (unpaired) electrons. The number of aliphatic carboxylic acids is 1. The molecular weight excluding hydrogens is 370 g/mol. The zero-order valence-corrected chi connectivity index (χ0v) is 16.5. The molecule has 0 spiro atoms. The monoisotopic (exact) mass is 395 g/mol. The second-order valence-corrected chi connectivity index (χ2v) is 6.97. The molecule has 0 aliphatic carbocycles. The molecule has 3 rings (SSSR count). The third kappa shape index (κ3) is 5.28. The van der Waals surface area contributed by atoms with Crippen molar-refractivity contribution in [2.75, 3.05) is 13.2 Å². The van der Waals surface area contributed by atoms with Crippen LogP contribution in [0.4, 0.5) is 4.79 Å². The van der Waals surface area contributed by atoms with E-state index >= 15 is 0 Å². The number of para-hydroxylation sites is 1. The third-order valence-electron chi connectivity index (χ3n) is 4.69. The quantitative estimate of drug-likeness (QED) is 0.440. The number of carbonyl (C=O) groups excluding carboxylic acids is 1. The van der Waals surface area contributed by atoms with Gasteiger partial charge in [-0.05, 0) is 42.7 Å². The first-order chi connectivity index (χ1) is 13.9. The number of H-pyrrole nitrogens is 1. The van der Waals surface area contributed by atoms with Crippen LogP contribution in [-0.4, -0.2) is 41.3 Å². The number of carboxylic acid groups (broad SMARTS) is 1. The fourth-order valence-electron chi connectivity index (χ4n) is 3.12. The van der Waals surface area contributed by atoms with E-state index in [1.54, 1.807) is 6.20 Å². The summed E-state index contributed by atoms with van der Waals surface area (Å²) in [4.78, 5) is 26.9. The molecule has 1 atom stereocenters. The van der Waals surface area contributed by atoms with Gasteiger partial charge in [0.05, 0.1) is 6.54 Å². The molecule has 29 heavy (non-hydrogen) atoms. The van der Waals surface area contributed by atoms with Crippen molar-refractivity contribution in [1.82, 2.24) is 15.6 Å². The minimum Gasteiger partial charge on any atom is -0.491 e. The summed E-state index contributed by atoms with van der Waals surface area (Å²) in [6, 6.07) is 12.0. The fraction of sp³-hybridized carbons (Fsp3) is 0.273. The third-order valence-corrected chi connectivity index (χ3v) is 4.69. The summed E-state index contributed by atoms with van der Waals surface area (Å²) in [7, 11) is 0. The number of aromatic nitrogens is 1. The van der Waals surface area contributed by atoms with E-state index in [0.717, 1.165) is 33.3 Å². The van der Waals surface area contributed by atoms with Crippen LogP contribution in [0.2, 0.25) is 0 Å². The van der Waals surface area contributed by atoms with E-state index in [-0.39, 0.29) is 19.6 Å². The second kappa shape index (κ2) is 9.14. The number of fused-ring (bicyclic) bond motifs is 1. The van der Waals surface area contributed by atoms with Crippen LogP contribution in [0.25, 0.3) is 10.9 Å². The molecule has 0 aliphatic heterocycles. The number of aryl methyl sites for hydroxylation is 2. The fourth-order valence-corrected chi connectivity index (χ4v) is 3.12. The number of urea groups is 1. The van der Waals surface area contributed by atoms with Crippen LogP contribution < -0.4 is 15.4 Å². The number of amides is 2. The molecule has 0 saturated heterocycles. The van der Waals surface area contributed by atoms with E-state index in [0.29, 0.717) is 0 Å². The summed E-state index contributed by atoms with van der Waals surface area (Å²) in [6.45, 7) is 4.49. The van der Waals surface area contributed by atoms with E-state index in [2.05, 4.69) is 15.6 Å². The molecule has 3 aromatic rings. The van der Waals surface area contributed by atoms with Crippen LogP contribution in [0.1, 0.15) is 16.7 Å². The Morgan fingerprint density at radius 3 is 2.76 bits per heavy atom. The molecule has 152 valence electrons. The largest absolute Gasteiger partial charge is 0.491 e. The first kappa shape index (κ1) is 20.3. The number of carbonyl (C=O) groups is 2. The Morgan fingerprint density at radius 1 is 1.17 bits per heavy atom. The molecule has 0 saturated carbocycles. The van der Waals surface area contributed by atoms with Gasteiger partial charge in [-0.2, -0.15) is 0 Å². The number of ether oxygens (including phenoxy) is 1. The highest BCUT2D eigenvalue weighted by Gasteiger charge is 2.21. The van der Waals surface area contributed by atoms with Gasteiger partial charge >= 0.3 is 12.0 Å². The molecular formula is C22H25N3O4. The van der Waals surface area contributed by atoms with Gasteiger partial charge in [-0.1, -0.05) is 30.3 Å². The summed E-state index contributed by atoms with van der Waals surface area (Å²) < 4.78 is 5.69. The smallest absolute Gasteiger partial charge is 0.326 e. The molecule has 0 fully saturated rings. The van der Waals surface area contributed by atoms with E-state index in [1.165, 1.54) is 0 Å². The summed E-state index contributed by atoms with van der Waals surface area (Å²) in [5, 5.41) is 15.6. The predicted molar refractivity (Wildman–Crippen MR) is 111 cm³/mol. The Labute approximate surface area is 169 Å². The zero-order valence-electron chi connectivity index (χ0n) is 16.5. The molecule has 0 bridgehead atoms. The van der Waals surface area contributed by atoms with Crippen molar-refractivity contribution in [3.05, 3.63) is 65.4 Å². The Morgan fingerprint density at radius 2 is 1.97 bits per heavy atom. The van der Waals surface area contributed by atoms with Gasteiger partial charge in [-0.15, -0.1) is 0 Å². The van der Waals surface area contributed by atoms with Gasteiger partial charge in [0.1, 0.15) is 18.4 Å². The van der Waals surface area contributed by atoms with Gasteiger partial charge < -0.3 is 25.5 Å². The van der Waals surface area contributed by atoms with Crippen molar-refractivity contribution in [3.8, 4) is 5.75 Å². The van der Waals surface area contributed by atoms with Gasteiger partial charge in [-0.3, -0.25) is 0 Å². The predicted octanol–water partition coefficient (Wildman–Crippen LogP) is 3.16. The lowest BCUT2D eigenvalue weighted by atomic mass is 10.1. The minimum absolute atomic E-state index is 0.186. The molecule has 7 nitrogen and oxygen atoms in total. The molecule has 1 heterocycles. The lowest BCUT2D eigenvalue weighted by molar-refractivity contribution is -0.139. The number of hydrogen-bond acceptors (Lipinski definition) is 3. The minimum atomic E-state index is -1.09. The van der Waals surface area contributed by atoms with Crippen molar-refractivity contribution in [2.45, 2.75) is 26.3 Å². The van der Waals surface area contributed by atoms with Crippen LogP contribution in [-0.2, 0) is 11.2 Å².